The minimum atomic E-state index is -0.458. The number of rotatable bonds is 4. The first-order valence-electron chi connectivity index (χ1n) is 11.7. The number of imide groups is 1. The largest absolute Gasteiger partial charge is 0.362 e. The van der Waals surface area contributed by atoms with Gasteiger partial charge < -0.3 is 4.90 Å². The molecule has 170 valence electrons. The molecule has 5 rings (SSSR count). The van der Waals surface area contributed by atoms with Crippen molar-refractivity contribution < 1.29 is 14.5 Å². The summed E-state index contributed by atoms with van der Waals surface area (Å²) in [5.41, 5.74) is 3.76. The van der Waals surface area contributed by atoms with Crippen molar-refractivity contribution in [3.05, 3.63) is 81.0 Å². The number of amides is 2. The van der Waals surface area contributed by atoms with Gasteiger partial charge in [-0.3, -0.25) is 24.6 Å². The average Bonchev–Trinajstić information content (AvgIpc) is 2.98. The van der Waals surface area contributed by atoms with Gasteiger partial charge in [0.1, 0.15) is 5.70 Å². The lowest BCUT2D eigenvalue weighted by atomic mass is 9.98. The smallest absolute Gasteiger partial charge is 0.278 e. The molecular formula is C26H27N3O4. The van der Waals surface area contributed by atoms with Gasteiger partial charge in [-0.25, -0.2) is 0 Å². The SMILES string of the molecule is O=C1C(c2ccc([N+](=O)[O-])cc2)=C(N2CCc3ccccc3C2)C(=O)N1C1CCCCCC1. The number of nitro groups is 1. The molecular weight excluding hydrogens is 418 g/mol. The second kappa shape index (κ2) is 8.81. The molecule has 0 bridgehead atoms. The quantitative estimate of drug-likeness (QED) is 0.300. The lowest BCUT2D eigenvalue weighted by Gasteiger charge is -2.32. The van der Waals surface area contributed by atoms with Gasteiger partial charge in [0.15, 0.2) is 0 Å². The Labute approximate surface area is 192 Å². The summed E-state index contributed by atoms with van der Waals surface area (Å²) in [6.45, 7) is 1.22. The molecule has 0 spiro atoms. The van der Waals surface area contributed by atoms with Crippen LogP contribution in [0, 0.1) is 10.1 Å². The Hall–Kier alpha value is -3.48. The third-order valence-corrected chi connectivity index (χ3v) is 7.09. The molecule has 0 N–H and O–H groups in total. The van der Waals surface area contributed by atoms with E-state index in [0.717, 1.165) is 50.5 Å². The van der Waals surface area contributed by atoms with E-state index in [0.29, 0.717) is 29.9 Å². The second-order valence-electron chi connectivity index (χ2n) is 9.09. The minimum Gasteiger partial charge on any atom is -0.362 e. The van der Waals surface area contributed by atoms with Crippen LogP contribution in [-0.2, 0) is 22.6 Å². The van der Waals surface area contributed by atoms with Crippen LogP contribution in [0.25, 0.3) is 5.57 Å². The Balaban J connectivity index is 1.56. The zero-order valence-corrected chi connectivity index (χ0v) is 18.5. The number of nitrogens with zero attached hydrogens (tertiary/aromatic N) is 3. The standard InChI is InChI=1S/C26H27N3O4/c30-25-23(19-11-13-22(14-12-19)29(32)33)24(26(31)28(25)21-9-3-1-2-4-10-21)27-16-15-18-7-5-6-8-20(18)17-27/h5-8,11-14,21H,1-4,9-10,15-17H2. The predicted octanol–water partition coefficient (Wildman–Crippen LogP) is 4.46. The van der Waals surface area contributed by atoms with Gasteiger partial charge in [0, 0.05) is 31.3 Å². The van der Waals surface area contributed by atoms with E-state index in [1.165, 1.54) is 22.6 Å². The molecule has 0 saturated heterocycles. The lowest BCUT2D eigenvalue weighted by molar-refractivity contribution is -0.384. The maximum Gasteiger partial charge on any atom is 0.278 e. The first-order valence-corrected chi connectivity index (χ1v) is 11.7. The summed E-state index contributed by atoms with van der Waals surface area (Å²) in [7, 11) is 0. The number of nitro benzene ring substituents is 1. The highest BCUT2D eigenvalue weighted by Crippen LogP contribution is 2.37. The number of hydrogen-bond acceptors (Lipinski definition) is 5. The number of fused-ring (bicyclic) bond motifs is 1. The molecule has 2 amide bonds. The van der Waals surface area contributed by atoms with Crippen LogP contribution in [0.4, 0.5) is 5.69 Å². The Kier molecular flexibility index (Phi) is 5.70. The van der Waals surface area contributed by atoms with Crippen LogP contribution in [0.1, 0.15) is 55.2 Å². The highest BCUT2D eigenvalue weighted by Gasteiger charge is 2.45. The van der Waals surface area contributed by atoms with E-state index < -0.39 is 4.92 Å². The molecule has 0 atom stereocenters. The van der Waals surface area contributed by atoms with Gasteiger partial charge in [0.2, 0.25) is 0 Å². The van der Waals surface area contributed by atoms with Gasteiger partial charge >= 0.3 is 0 Å². The highest BCUT2D eigenvalue weighted by atomic mass is 16.6. The van der Waals surface area contributed by atoms with Crippen LogP contribution in [0.2, 0.25) is 0 Å². The fourth-order valence-electron chi connectivity index (χ4n) is 5.37. The maximum atomic E-state index is 13.8. The van der Waals surface area contributed by atoms with E-state index in [9.17, 15) is 19.7 Å². The molecule has 2 heterocycles. The molecule has 33 heavy (non-hydrogen) atoms. The molecule has 1 saturated carbocycles. The Morgan fingerprint density at radius 3 is 2.18 bits per heavy atom. The maximum absolute atomic E-state index is 13.8. The number of hydrogen-bond donors (Lipinski definition) is 0. The zero-order valence-electron chi connectivity index (χ0n) is 18.5. The lowest BCUT2D eigenvalue weighted by Crippen LogP contribution is -2.43. The third-order valence-electron chi connectivity index (χ3n) is 7.09. The second-order valence-corrected chi connectivity index (χ2v) is 9.09. The van der Waals surface area contributed by atoms with Gasteiger partial charge in [-0.1, -0.05) is 49.9 Å². The van der Waals surface area contributed by atoms with Crippen LogP contribution >= 0.6 is 0 Å². The Bertz CT molecular complexity index is 1130. The summed E-state index contributed by atoms with van der Waals surface area (Å²) in [5, 5.41) is 11.1. The molecule has 1 fully saturated rings. The monoisotopic (exact) mass is 445 g/mol. The Morgan fingerprint density at radius 2 is 1.52 bits per heavy atom. The minimum absolute atomic E-state index is 0.0369. The average molecular weight is 446 g/mol. The van der Waals surface area contributed by atoms with E-state index >= 15 is 0 Å². The van der Waals surface area contributed by atoms with E-state index in [-0.39, 0.29) is 23.5 Å². The fraction of sp³-hybridized carbons (Fsp3) is 0.385. The summed E-state index contributed by atoms with van der Waals surface area (Å²) >= 11 is 0. The van der Waals surface area contributed by atoms with E-state index in [2.05, 4.69) is 12.1 Å². The first kappa shape index (κ1) is 21.4. The van der Waals surface area contributed by atoms with Crippen molar-refractivity contribution in [2.45, 2.75) is 57.5 Å². The highest BCUT2D eigenvalue weighted by molar-refractivity contribution is 6.35. The van der Waals surface area contributed by atoms with E-state index in [1.54, 1.807) is 12.1 Å². The molecule has 0 unspecified atom stereocenters. The van der Waals surface area contributed by atoms with Crippen molar-refractivity contribution in [1.82, 2.24) is 9.80 Å². The van der Waals surface area contributed by atoms with Gasteiger partial charge in [-0.2, -0.15) is 0 Å². The van der Waals surface area contributed by atoms with Gasteiger partial charge in [-0.15, -0.1) is 0 Å². The van der Waals surface area contributed by atoms with Gasteiger partial charge in [-0.05, 0) is 48.1 Å². The summed E-state index contributed by atoms with van der Waals surface area (Å²) in [4.78, 5) is 41.7. The van der Waals surface area contributed by atoms with E-state index in [1.807, 2.05) is 17.0 Å². The van der Waals surface area contributed by atoms with Gasteiger partial charge in [0.05, 0.1) is 10.5 Å². The molecule has 2 aromatic carbocycles. The number of carbonyl (C=O) groups is 2. The molecule has 3 aliphatic rings. The van der Waals surface area contributed by atoms with Crippen molar-refractivity contribution in [3.8, 4) is 0 Å². The number of carbonyl (C=O) groups excluding carboxylic acids is 2. The normalized spacial score (nSPS) is 19.6. The summed E-state index contributed by atoms with van der Waals surface area (Å²) < 4.78 is 0. The molecule has 7 heteroatoms. The summed E-state index contributed by atoms with van der Waals surface area (Å²) in [6.07, 6.45) is 6.76. The molecule has 2 aromatic rings. The van der Waals surface area contributed by atoms with Crippen molar-refractivity contribution >= 4 is 23.1 Å². The van der Waals surface area contributed by atoms with Gasteiger partial charge in [0.25, 0.3) is 17.5 Å². The predicted molar refractivity (Wildman–Crippen MR) is 124 cm³/mol. The molecule has 0 aromatic heterocycles. The molecule has 0 radical (unpaired) electrons. The van der Waals surface area contributed by atoms with Crippen molar-refractivity contribution in [2.75, 3.05) is 6.54 Å². The van der Waals surface area contributed by atoms with E-state index in [4.69, 9.17) is 0 Å². The van der Waals surface area contributed by atoms with Crippen LogP contribution in [0.5, 0.6) is 0 Å². The zero-order chi connectivity index (χ0) is 22.9. The topological polar surface area (TPSA) is 83.8 Å². The number of non-ortho nitro benzene ring substituents is 1. The third kappa shape index (κ3) is 3.92. The van der Waals surface area contributed by atoms with Crippen molar-refractivity contribution in [2.24, 2.45) is 0 Å². The Morgan fingerprint density at radius 1 is 0.848 bits per heavy atom. The van der Waals surface area contributed by atoms with Crippen LogP contribution in [0.15, 0.2) is 54.2 Å². The summed E-state index contributed by atoms with van der Waals surface area (Å²) in [5.74, 6) is -0.491. The molecule has 1 aliphatic carbocycles. The van der Waals surface area contributed by atoms with Crippen LogP contribution < -0.4 is 0 Å². The molecule has 7 nitrogen and oxygen atoms in total. The van der Waals surface area contributed by atoms with Crippen LogP contribution in [-0.4, -0.2) is 39.1 Å². The number of benzene rings is 2. The molecule has 2 aliphatic heterocycles. The summed E-state index contributed by atoms with van der Waals surface area (Å²) in [6, 6.07) is 14.1. The van der Waals surface area contributed by atoms with Crippen LogP contribution in [0.3, 0.4) is 0 Å². The van der Waals surface area contributed by atoms with Crippen molar-refractivity contribution in [1.29, 1.82) is 0 Å². The first-order chi connectivity index (χ1) is 16.0. The fourth-order valence-corrected chi connectivity index (χ4v) is 5.37. The van der Waals surface area contributed by atoms with Crippen molar-refractivity contribution in [3.63, 3.8) is 0 Å².